The highest BCUT2D eigenvalue weighted by molar-refractivity contribution is 5.83. The van der Waals surface area contributed by atoms with Gasteiger partial charge >= 0.3 is 0 Å². The van der Waals surface area contributed by atoms with Crippen molar-refractivity contribution in [3.05, 3.63) is 57.7 Å². The molecule has 1 aliphatic heterocycles. The van der Waals surface area contributed by atoms with Crippen LogP contribution >= 0.6 is 0 Å². The van der Waals surface area contributed by atoms with Crippen molar-refractivity contribution in [3.8, 4) is 0 Å². The topological polar surface area (TPSA) is 81.2 Å². The van der Waals surface area contributed by atoms with Crippen LogP contribution in [0.3, 0.4) is 0 Å². The van der Waals surface area contributed by atoms with Gasteiger partial charge < -0.3 is 9.32 Å². The van der Waals surface area contributed by atoms with E-state index in [0.29, 0.717) is 30.8 Å². The molecule has 0 aliphatic carbocycles. The number of rotatable bonds is 3. The first-order chi connectivity index (χ1) is 12.9. The van der Waals surface area contributed by atoms with E-state index in [2.05, 4.69) is 10.1 Å². The van der Waals surface area contributed by atoms with E-state index in [-0.39, 0.29) is 23.9 Å². The molecule has 0 saturated heterocycles. The summed E-state index contributed by atoms with van der Waals surface area (Å²) in [6, 6.07) is 7.33. The fourth-order valence-electron chi connectivity index (χ4n) is 3.42. The van der Waals surface area contributed by atoms with Gasteiger partial charge in [-0.05, 0) is 13.0 Å². The fourth-order valence-corrected chi connectivity index (χ4v) is 3.42. The van der Waals surface area contributed by atoms with E-state index in [4.69, 9.17) is 4.42 Å². The molecule has 7 heteroatoms. The number of benzene rings is 1. The lowest BCUT2D eigenvalue weighted by molar-refractivity contribution is -0.133. The van der Waals surface area contributed by atoms with E-state index < -0.39 is 0 Å². The van der Waals surface area contributed by atoms with Crippen LogP contribution in [0.15, 0.2) is 33.5 Å². The van der Waals surface area contributed by atoms with Crippen LogP contribution in [-0.4, -0.2) is 32.1 Å². The Balaban J connectivity index is 1.57. The molecule has 1 aliphatic rings. The zero-order valence-corrected chi connectivity index (χ0v) is 15.7. The van der Waals surface area contributed by atoms with Gasteiger partial charge in [-0.2, -0.15) is 5.10 Å². The van der Waals surface area contributed by atoms with E-state index >= 15 is 0 Å². The molecular formula is C20H22N4O3. The molecule has 7 nitrogen and oxygen atoms in total. The number of hydrogen-bond acceptors (Lipinski definition) is 5. The largest absolute Gasteiger partial charge is 0.445 e. The molecule has 4 rings (SSSR count). The van der Waals surface area contributed by atoms with E-state index in [1.807, 2.05) is 39.0 Å². The predicted octanol–water partition coefficient (Wildman–Crippen LogP) is 2.40. The standard InChI is InChI=1S/C20H22N4O3/c1-12(2)19-21-16-10-23(9-8-17(16)27-19)18(25)11-24-20(26)15-7-5-4-6-14(15)13(3)22-24/h4-7,12H,8-11H2,1-3H3. The minimum atomic E-state index is -0.245. The molecule has 1 amide bonds. The molecule has 2 aromatic heterocycles. The lowest BCUT2D eigenvalue weighted by Gasteiger charge is -2.25. The third-order valence-electron chi connectivity index (χ3n) is 4.93. The quantitative estimate of drug-likeness (QED) is 0.711. The lowest BCUT2D eigenvalue weighted by Crippen LogP contribution is -2.40. The van der Waals surface area contributed by atoms with Crippen LogP contribution in [-0.2, 0) is 24.3 Å². The van der Waals surface area contributed by atoms with Crippen molar-refractivity contribution in [2.75, 3.05) is 6.54 Å². The number of hydrogen-bond donors (Lipinski definition) is 0. The summed E-state index contributed by atoms with van der Waals surface area (Å²) in [6.07, 6.45) is 0.639. The summed E-state index contributed by atoms with van der Waals surface area (Å²) in [4.78, 5) is 31.7. The first-order valence-corrected chi connectivity index (χ1v) is 9.16. The summed E-state index contributed by atoms with van der Waals surface area (Å²) in [5, 5.41) is 5.73. The lowest BCUT2D eigenvalue weighted by atomic mass is 10.1. The molecule has 0 saturated carbocycles. The van der Waals surface area contributed by atoms with E-state index in [1.54, 1.807) is 11.0 Å². The Labute approximate surface area is 156 Å². The van der Waals surface area contributed by atoms with Crippen LogP contribution in [0.4, 0.5) is 0 Å². The van der Waals surface area contributed by atoms with E-state index in [0.717, 1.165) is 22.5 Å². The highest BCUT2D eigenvalue weighted by atomic mass is 16.4. The molecule has 0 spiro atoms. The van der Waals surface area contributed by atoms with Crippen LogP contribution in [0, 0.1) is 6.92 Å². The smallest absolute Gasteiger partial charge is 0.275 e. The van der Waals surface area contributed by atoms with Gasteiger partial charge in [0.25, 0.3) is 5.56 Å². The zero-order valence-electron chi connectivity index (χ0n) is 15.7. The van der Waals surface area contributed by atoms with Crippen molar-refractivity contribution in [1.82, 2.24) is 19.7 Å². The number of aromatic nitrogens is 3. The van der Waals surface area contributed by atoms with Gasteiger partial charge in [0, 0.05) is 24.3 Å². The van der Waals surface area contributed by atoms with Gasteiger partial charge in [-0.3, -0.25) is 9.59 Å². The minimum Gasteiger partial charge on any atom is -0.445 e. The summed E-state index contributed by atoms with van der Waals surface area (Å²) in [5.41, 5.74) is 1.30. The molecule has 3 heterocycles. The Morgan fingerprint density at radius 2 is 2.00 bits per heavy atom. The van der Waals surface area contributed by atoms with Crippen LogP contribution in [0.25, 0.3) is 10.8 Å². The molecule has 0 radical (unpaired) electrons. The highest BCUT2D eigenvalue weighted by Crippen LogP contribution is 2.23. The summed E-state index contributed by atoms with van der Waals surface area (Å²) in [5.74, 6) is 1.64. The van der Waals surface area contributed by atoms with Gasteiger partial charge in [-0.15, -0.1) is 0 Å². The highest BCUT2D eigenvalue weighted by Gasteiger charge is 2.26. The Hall–Kier alpha value is -2.96. The maximum Gasteiger partial charge on any atom is 0.275 e. The summed E-state index contributed by atoms with van der Waals surface area (Å²) in [7, 11) is 0. The third kappa shape index (κ3) is 3.13. The summed E-state index contributed by atoms with van der Waals surface area (Å²) < 4.78 is 7.04. The van der Waals surface area contributed by atoms with Crippen molar-refractivity contribution in [2.24, 2.45) is 0 Å². The molecule has 0 N–H and O–H groups in total. The second-order valence-corrected chi connectivity index (χ2v) is 7.24. The van der Waals surface area contributed by atoms with Crippen molar-refractivity contribution >= 4 is 16.7 Å². The van der Waals surface area contributed by atoms with Gasteiger partial charge in [0.15, 0.2) is 5.89 Å². The third-order valence-corrected chi connectivity index (χ3v) is 4.93. The van der Waals surface area contributed by atoms with Gasteiger partial charge in [-0.25, -0.2) is 9.67 Å². The maximum absolute atomic E-state index is 12.8. The summed E-state index contributed by atoms with van der Waals surface area (Å²) >= 11 is 0. The van der Waals surface area contributed by atoms with Gasteiger partial charge in [0.2, 0.25) is 5.91 Å². The second-order valence-electron chi connectivity index (χ2n) is 7.24. The molecule has 140 valence electrons. The molecule has 27 heavy (non-hydrogen) atoms. The molecule has 0 fully saturated rings. The van der Waals surface area contributed by atoms with Crippen LogP contribution in [0.2, 0.25) is 0 Å². The zero-order chi connectivity index (χ0) is 19.1. The average Bonchev–Trinajstić information content (AvgIpc) is 3.09. The molecule has 0 bridgehead atoms. The SMILES string of the molecule is Cc1nn(CC(=O)N2CCc3oc(C(C)C)nc3C2)c(=O)c2ccccc12. The fraction of sp³-hybridized carbons (Fsp3) is 0.400. The van der Waals surface area contributed by atoms with Crippen molar-refractivity contribution in [1.29, 1.82) is 0 Å². The van der Waals surface area contributed by atoms with Gasteiger partial charge in [0.1, 0.15) is 18.0 Å². The normalized spacial score (nSPS) is 14.0. The number of carbonyl (C=O) groups is 1. The molecular weight excluding hydrogens is 344 g/mol. The Morgan fingerprint density at radius 1 is 1.26 bits per heavy atom. The van der Waals surface area contributed by atoms with Crippen molar-refractivity contribution in [2.45, 2.75) is 46.2 Å². The Bertz CT molecular complexity index is 1080. The summed E-state index contributed by atoms with van der Waals surface area (Å²) in [6.45, 7) is 6.79. The first kappa shape index (κ1) is 17.5. The van der Waals surface area contributed by atoms with Gasteiger partial charge in [0.05, 0.1) is 17.6 Å². The minimum absolute atomic E-state index is 0.0747. The number of amides is 1. The van der Waals surface area contributed by atoms with Crippen molar-refractivity contribution in [3.63, 3.8) is 0 Å². The molecule has 3 aromatic rings. The Morgan fingerprint density at radius 3 is 2.74 bits per heavy atom. The number of aryl methyl sites for hydroxylation is 1. The molecule has 0 unspecified atom stereocenters. The van der Waals surface area contributed by atoms with E-state index in [9.17, 15) is 9.59 Å². The Kier molecular flexibility index (Phi) is 4.30. The molecule has 0 atom stereocenters. The number of nitrogens with zero attached hydrogens (tertiary/aromatic N) is 4. The van der Waals surface area contributed by atoms with Crippen LogP contribution < -0.4 is 5.56 Å². The van der Waals surface area contributed by atoms with Gasteiger partial charge in [-0.1, -0.05) is 32.0 Å². The average molecular weight is 366 g/mol. The van der Waals surface area contributed by atoms with Crippen LogP contribution in [0.1, 0.15) is 42.8 Å². The maximum atomic E-state index is 12.8. The van der Waals surface area contributed by atoms with Crippen LogP contribution in [0.5, 0.6) is 0 Å². The number of carbonyl (C=O) groups excluding carboxylic acids is 1. The number of oxazole rings is 1. The first-order valence-electron chi connectivity index (χ1n) is 9.16. The van der Waals surface area contributed by atoms with Crippen molar-refractivity contribution < 1.29 is 9.21 Å². The number of fused-ring (bicyclic) bond motifs is 2. The molecule has 1 aromatic carbocycles. The van der Waals surface area contributed by atoms with E-state index in [1.165, 1.54) is 4.68 Å². The second kappa shape index (κ2) is 6.64. The monoisotopic (exact) mass is 366 g/mol. The predicted molar refractivity (Wildman–Crippen MR) is 100 cm³/mol.